The highest BCUT2D eigenvalue weighted by Crippen LogP contribution is 2.65. The number of halogens is 2. The van der Waals surface area contributed by atoms with E-state index >= 15 is 0 Å². The Morgan fingerprint density at radius 3 is 2.86 bits per heavy atom. The minimum Gasteiger partial charge on any atom is -0.375 e. The molecule has 1 unspecified atom stereocenters. The summed E-state index contributed by atoms with van der Waals surface area (Å²) in [5, 5.41) is 0.451. The van der Waals surface area contributed by atoms with Crippen molar-refractivity contribution in [2.24, 2.45) is 5.41 Å². The molecule has 1 saturated carbocycles. The lowest BCUT2D eigenvalue weighted by Gasteiger charge is -2.16. The number of carbonyl (C=O) groups is 1. The average Bonchev–Trinajstić information content (AvgIpc) is 2.80. The van der Waals surface area contributed by atoms with E-state index < -0.39 is 11.3 Å². The van der Waals surface area contributed by atoms with Crippen LogP contribution in [0.1, 0.15) is 23.2 Å². The smallest absolute Gasteiger partial charge is 0.256 e. The maximum absolute atomic E-state index is 13.4. The number of anilines is 1. The van der Waals surface area contributed by atoms with Gasteiger partial charge in [0.2, 0.25) is 0 Å². The number of amides is 1. The third-order valence-electron chi connectivity index (χ3n) is 4.50. The Morgan fingerprint density at radius 2 is 2.19 bits per heavy atom. The molecule has 1 aromatic heterocycles. The number of aromatic nitrogens is 1. The van der Waals surface area contributed by atoms with E-state index in [4.69, 9.17) is 5.73 Å². The molecule has 4 rings (SSSR count). The van der Waals surface area contributed by atoms with Gasteiger partial charge in [0.1, 0.15) is 0 Å². The summed E-state index contributed by atoms with van der Waals surface area (Å²) in [4.78, 5) is 18.1. The fraction of sp³-hybridized carbons (Fsp3) is 0.429. The predicted molar refractivity (Wildman–Crippen MR) is 76.5 cm³/mol. The molecule has 2 heterocycles. The third-order valence-corrected chi connectivity index (χ3v) is 5.35. The lowest BCUT2D eigenvalue weighted by Crippen LogP contribution is -2.29. The molecule has 1 aromatic carbocycles. The fourth-order valence-electron chi connectivity index (χ4n) is 3.13. The molecule has 0 bridgehead atoms. The zero-order chi connectivity index (χ0) is 14.8. The van der Waals surface area contributed by atoms with Gasteiger partial charge in [-0.2, -0.15) is 0 Å². The second-order valence-corrected chi connectivity index (χ2v) is 6.94. The van der Waals surface area contributed by atoms with Crippen LogP contribution in [-0.4, -0.2) is 34.8 Å². The molecule has 1 spiro atoms. The van der Waals surface area contributed by atoms with Gasteiger partial charge >= 0.3 is 0 Å². The Labute approximate surface area is 123 Å². The van der Waals surface area contributed by atoms with Crippen molar-refractivity contribution in [3.63, 3.8) is 0 Å². The summed E-state index contributed by atoms with van der Waals surface area (Å²) in [6.45, 7) is 0.555. The first-order valence-corrected chi connectivity index (χ1v) is 7.55. The number of hydrogen-bond donors (Lipinski definition) is 1. The average molecular weight is 309 g/mol. The summed E-state index contributed by atoms with van der Waals surface area (Å²) < 4.78 is 27.6. The van der Waals surface area contributed by atoms with Crippen LogP contribution in [0.5, 0.6) is 0 Å². The second kappa shape index (κ2) is 3.91. The molecule has 2 aliphatic rings. The van der Waals surface area contributed by atoms with Gasteiger partial charge in [-0.05, 0) is 24.6 Å². The number of fused-ring (bicyclic) bond motifs is 1. The van der Waals surface area contributed by atoms with Crippen LogP contribution in [-0.2, 0) is 0 Å². The topological polar surface area (TPSA) is 59.2 Å². The minimum absolute atomic E-state index is 0.0891. The summed E-state index contributed by atoms with van der Waals surface area (Å²) in [7, 11) is 0. The lowest BCUT2D eigenvalue weighted by molar-refractivity contribution is 0.0618. The lowest BCUT2D eigenvalue weighted by atomic mass is 10.1. The van der Waals surface area contributed by atoms with Gasteiger partial charge in [-0.1, -0.05) is 11.3 Å². The van der Waals surface area contributed by atoms with E-state index in [1.54, 1.807) is 18.2 Å². The van der Waals surface area contributed by atoms with Gasteiger partial charge in [-0.15, -0.1) is 0 Å². The largest absolute Gasteiger partial charge is 0.375 e. The molecule has 4 nitrogen and oxygen atoms in total. The first kappa shape index (κ1) is 12.9. The number of benzene rings is 1. The molecule has 1 saturated heterocycles. The first-order valence-electron chi connectivity index (χ1n) is 6.73. The van der Waals surface area contributed by atoms with E-state index in [-0.39, 0.29) is 18.9 Å². The molecule has 1 amide bonds. The monoisotopic (exact) mass is 309 g/mol. The molecule has 2 fully saturated rings. The van der Waals surface area contributed by atoms with E-state index in [1.165, 1.54) is 16.2 Å². The fourth-order valence-corrected chi connectivity index (χ4v) is 3.90. The van der Waals surface area contributed by atoms with E-state index in [2.05, 4.69) is 4.98 Å². The molecule has 7 heteroatoms. The molecule has 21 heavy (non-hydrogen) atoms. The molecule has 2 N–H and O–H groups in total. The molecule has 1 aliphatic heterocycles. The first-order chi connectivity index (χ1) is 9.90. The van der Waals surface area contributed by atoms with Crippen LogP contribution >= 0.6 is 11.3 Å². The van der Waals surface area contributed by atoms with Crippen molar-refractivity contribution in [2.45, 2.75) is 18.8 Å². The second-order valence-electron chi connectivity index (χ2n) is 5.87. The maximum Gasteiger partial charge on any atom is 0.256 e. The van der Waals surface area contributed by atoms with Gasteiger partial charge in [0.05, 0.1) is 15.6 Å². The van der Waals surface area contributed by atoms with Crippen molar-refractivity contribution in [1.29, 1.82) is 0 Å². The molecule has 1 aliphatic carbocycles. The number of nitrogen functional groups attached to an aromatic ring is 1. The number of thiazole rings is 1. The summed E-state index contributed by atoms with van der Waals surface area (Å²) >= 11 is 1.31. The van der Waals surface area contributed by atoms with Crippen LogP contribution in [0.15, 0.2) is 18.2 Å². The van der Waals surface area contributed by atoms with Crippen LogP contribution in [0.25, 0.3) is 10.2 Å². The number of likely N-dealkylation sites (tertiary alicyclic amines) is 1. The molecule has 110 valence electrons. The van der Waals surface area contributed by atoms with Crippen molar-refractivity contribution >= 4 is 32.6 Å². The summed E-state index contributed by atoms with van der Waals surface area (Å²) in [5.74, 6) is -2.79. The standard InChI is InChI=1S/C14H13F2N3OS/c15-14(16)6-13(14)3-4-19(7-13)11(20)8-1-2-9-10(5-8)21-12(17)18-9/h1-2,5H,3-4,6-7H2,(H2,17,18). The van der Waals surface area contributed by atoms with Crippen molar-refractivity contribution in [1.82, 2.24) is 9.88 Å². The van der Waals surface area contributed by atoms with Gasteiger partial charge < -0.3 is 10.6 Å². The Balaban J connectivity index is 1.59. The highest BCUT2D eigenvalue weighted by atomic mass is 32.1. The van der Waals surface area contributed by atoms with Gasteiger partial charge in [0, 0.05) is 25.1 Å². The molecular formula is C14H13F2N3OS. The van der Waals surface area contributed by atoms with Crippen LogP contribution in [0, 0.1) is 5.41 Å². The molecule has 1 atom stereocenters. The van der Waals surface area contributed by atoms with Gasteiger partial charge in [0.15, 0.2) is 5.13 Å². The van der Waals surface area contributed by atoms with Crippen LogP contribution < -0.4 is 5.73 Å². The van der Waals surface area contributed by atoms with E-state index in [0.29, 0.717) is 23.7 Å². The van der Waals surface area contributed by atoms with E-state index in [0.717, 1.165) is 10.2 Å². The van der Waals surface area contributed by atoms with Crippen LogP contribution in [0.3, 0.4) is 0 Å². The third kappa shape index (κ3) is 1.83. The van der Waals surface area contributed by atoms with Crippen molar-refractivity contribution in [2.75, 3.05) is 18.8 Å². The highest BCUT2D eigenvalue weighted by molar-refractivity contribution is 7.22. The van der Waals surface area contributed by atoms with Crippen LogP contribution in [0.2, 0.25) is 0 Å². The van der Waals surface area contributed by atoms with Gasteiger partial charge in [-0.3, -0.25) is 4.79 Å². The Bertz CT molecular complexity index is 760. The van der Waals surface area contributed by atoms with Gasteiger partial charge in [0.25, 0.3) is 11.8 Å². The minimum atomic E-state index is -2.60. The highest BCUT2D eigenvalue weighted by Gasteiger charge is 2.73. The summed E-state index contributed by atoms with van der Waals surface area (Å²) in [6, 6.07) is 5.16. The number of nitrogens with zero attached hydrogens (tertiary/aromatic N) is 2. The van der Waals surface area contributed by atoms with Crippen molar-refractivity contribution in [3.8, 4) is 0 Å². The molecular weight excluding hydrogens is 296 g/mol. The van der Waals surface area contributed by atoms with E-state index in [1.807, 2.05) is 0 Å². The number of rotatable bonds is 1. The Morgan fingerprint density at radius 1 is 1.43 bits per heavy atom. The number of nitrogens with two attached hydrogens (primary N) is 1. The number of alkyl halides is 2. The zero-order valence-corrected chi connectivity index (χ0v) is 11.9. The normalized spacial score (nSPS) is 26.7. The van der Waals surface area contributed by atoms with Crippen molar-refractivity contribution < 1.29 is 13.6 Å². The number of hydrogen-bond acceptors (Lipinski definition) is 4. The van der Waals surface area contributed by atoms with Crippen LogP contribution in [0.4, 0.5) is 13.9 Å². The molecule has 2 aromatic rings. The summed E-state index contributed by atoms with van der Waals surface area (Å²) in [5.41, 5.74) is 5.94. The zero-order valence-electron chi connectivity index (χ0n) is 11.1. The van der Waals surface area contributed by atoms with E-state index in [9.17, 15) is 13.6 Å². The Kier molecular flexibility index (Phi) is 2.41. The SMILES string of the molecule is Nc1nc2ccc(C(=O)N3CCC4(C3)CC4(F)F)cc2s1. The van der Waals surface area contributed by atoms with Gasteiger partial charge in [-0.25, -0.2) is 13.8 Å². The predicted octanol–water partition coefficient (Wildman–Crippen LogP) is 2.75. The summed E-state index contributed by atoms with van der Waals surface area (Å²) in [6.07, 6.45) is 0.301. The quantitative estimate of drug-likeness (QED) is 0.881. The van der Waals surface area contributed by atoms with Crippen molar-refractivity contribution in [3.05, 3.63) is 23.8 Å². The Hall–Kier alpha value is -1.76. The molecule has 0 radical (unpaired) electrons. The maximum atomic E-state index is 13.4. The number of carbonyl (C=O) groups excluding carboxylic acids is 1.